The number of anilines is 1. The third kappa shape index (κ3) is 3.45. The van der Waals surface area contributed by atoms with E-state index in [1.165, 1.54) is 32.9 Å². The first-order chi connectivity index (χ1) is 11.8. The second kappa shape index (κ2) is 6.69. The average molecular weight is 405 g/mol. The number of hydrogen-bond donors (Lipinski definition) is 0. The highest BCUT2D eigenvalue weighted by Crippen LogP contribution is 2.46. The Hall–Kier alpha value is -1.45. The number of thioether (sulfide) groups is 1. The lowest BCUT2D eigenvalue weighted by atomic mass is 10.2. The number of amides is 1. The number of hydrogen-bond acceptors (Lipinski definition) is 6. The topological polar surface area (TPSA) is 85.3 Å². The number of sulfone groups is 1. The summed E-state index contributed by atoms with van der Waals surface area (Å²) in [5, 5.41) is 0.625. The number of aliphatic imine (C=N–C) groups is 1. The summed E-state index contributed by atoms with van der Waals surface area (Å²) in [4.78, 5) is 17.3. The largest absolute Gasteiger partial charge is 0.495 e. The predicted molar refractivity (Wildman–Crippen MR) is 99.0 cm³/mol. The zero-order valence-corrected chi connectivity index (χ0v) is 16.2. The SMILES string of the molecule is COc1cc(OC)c(N2C(=NC(C)=O)S[C@H]3CS(=O)(=O)C[C@H]32)cc1Cl. The summed E-state index contributed by atoms with van der Waals surface area (Å²) >= 11 is 7.55. The van der Waals surface area contributed by atoms with Crippen molar-refractivity contribution in [1.82, 2.24) is 0 Å². The molecule has 2 saturated heterocycles. The molecule has 0 bridgehead atoms. The van der Waals surface area contributed by atoms with Gasteiger partial charge in [0.1, 0.15) is 11.5 Å². The van der Waals surface area contributed by atoms with Gasteiger partial charge in [-0.15, -0.1) is 0 Å². The minimum atomic E-state index is -3.14. The van der Waals surface area contributed by atoms with E-state index in [4.69, 9.17) is 21.1 Å². The maximum Gasteiger partial charge on any atom is 0.244 e. The second-order valence-electron chi connectivity index (χ2n) is 5.74. The Morgan fingerprint density at radius 3 is 2.56 bits per heavy atom. The molecule has 0 radical (unpaired) electrons. The van der Waals surface area contributed by atoms with Gasteiger partial charge < -0.3 is 14.4 Å². The van der Waals surface area contributed by atoms with Gasteiger partial charge in [-0.3, -0.25) is 4.79 Å². The van der Waals surface area contributed by atoms with E-state index in [0.29, 0.717) is 27.4 Å². The first kappa shape index (κ1) is 18.3. The van der Waals surface area contributed by atoms with Crippen LogP contribution in [0.1, 0.15) is 6.92 Å². The van der Waals surface area contributed by atoms with Crippen LogP contribution in [0.25, 0.3) is 0 Å². The van der Waals surface area contributed by atoms with Crippen molar-refractivity contribution < 1.29 is 22.7 Å². The minimum absolute atomic E-state index is 0.00556. The van der Waals surface area contributed by atoms with E-state index in [2.05, 4.69) is 4.99 Å². The molecule has 0 aromatic heterocycles. The molecule has 10 heteroatoms. The smallest absolute Gasteiger partial charge is 0.244 e. The van der Waals surface area contributed by atoms with Gasteiger partial charge in [-0.1, -0.05) is 23.4 Å². The van der Waals surface area contributed by atoms with E-state index < -0.39 is 9.84 Å². The molecular formula is C15H17ClN2O5S2. The highest BCUT2D eigenvalue weighted by molar-refractivity contribution is 8.16. The summed E-state index contributed by atoms with van der Waals surface area (Å²) in [5.41, 5.74) is 0.561. The first-order valence-electron chi connectivity index (χ1n) is 7.43. The van der Waals surface area contributed by atoms with Crippen LogP contribution in [-0.4, -0.2) is 56.5 Å². The van der Waals surface area contributed by atoms with Gasteiger partial charge in [-0.2, -0.15) is 4.99 Å². The van der Waals surface area contributed by atoms with E-state index in [1.807, 2.05) is 0 Å². The number of fused-ring (bicyclic) bond motifs is 1. The third-order valence-corrected chi connectivity index (χ3v) is 7.54. The van der Waals surface area contributed by atoms with E-state index >= 15 is 0 Å². The van der Waals surface area contributed by atoms with Gasteiger partial charge in [0, 0.05) is 18.2 Å². The fourth-order valence-corrected chi connectivity index (χ4v) is 7.20. The molecule has 1 aromatic carbocycles. The summed E-state index contributed by atoms with van der Waals surface area (Å²) in [5.74, 6) is 0.600. The van der Waals surface area contributed by atoms with Crippen LogP contribution in [0.5, 0.6) is 11.5 Å². The molecule has 0 aliphatic carbocycles. The molecule has 2 atom stereocenters. The fraction of sp³-hybridized carbons (Fsp3) is 0.467. The van der Waals surface area contributed by atoms with Gasteiger partial charge >= 0.3 is 0 Å². The molecule has 25 heavy (non-hydrogen) atoms. The molecule has 0 unspecified atom stereocenters. The van der Waals surface area contributed by atoms with Crippen molar-refractivity contribution >= 4 is 50.0 Å². The van der Waals surface area contributed by atoms with Gasteiger partial charge in [0.15, 0.2) is 15.0 Å². The molecule has 1 amide bonds. The van der Waals surface area contributed by atoms with Gasteiger partial charge in [-0.05, 0) is 6.07 Å². The van der Waals surface area contributed by atoms with Crippen LogP contribution in [0.15, 0.2) is 17.1 Å². The first-order valence-corrected chi connectivity index (χ1v) is 10.5. The number of benzene rings is 1. The van der Waals surface area contributed by atoms with Gasteiger partial charge in [-0.25, -0.2) is 8.42 Å². The summed E-state index contributed by atoms with van der Waals surface area (Å²) in [6, 6.07) is 2.94. The monoisotopic (exact) mass is 404 g/mol. The summed E-state index contributed by atoms with van der Waals surface area (Å²) in [6.07, 6.45) is 0. The molecule has 3 rings (SSSR count). The molecule has 0 spiro atoms. The van der Waals surface area contributed by atoms with E-state index in [1.54, 1.807) is 17.0 Å². The highest BCUT2D eigenvalue weighted by Gasteiger charge is 2.50. The Kier molecular flexibility index (Phi) is 4.91. The van der Waals surface area contributed by atoms with Crippen molar-refractivity contribution in [3.63, 3.8) is 0 Å². The van der Waals surface area contributed by atoms with Gasteiger partial charge in [0.05, 0.1) is 42.5 Å². The van der Waals surface area contributed by atoms with Crippen LogP contribution >= 0.6 is 23.4 Å². The normalized spacial score (nSPS) is 25.9. The highest BCUT2D eigenvalue weighted by atomic mass is 35.5. The minimum Gasteiger partial charge on any atom is -0.495 e. The maximum atomic E-state index is 12.0. The standard InChI is InChI=1S/C15H17ClN2O5S2/c1-8(19)17-15-18(11-6-25(20,21)7-14(11)24-15)10-4-9(16)12(22-2)5-13(10)23-3/h4-5,11,14H,6-7H2,1-3H3/t11-,14+/m1/s1. The summed E-state index contributed by atoms with van der Waals surface area (Å²) in [7, 11) is -0.147. The second-order valence-corrected chi connectivity index (χ2v) is 9.51. The van der Waals surface area contributed by atoms with Crippen molar-refractivity contribution in [2.24, 2.45) is 4.99 Å². The number of rotatable bonds is 3. The number of nitrogens with zero attached hydrogens (tertiary/aromatic N) is 2. The van der Waals surface area contributed by atoms with Gasteiger partial charge in [0.2, 0.25) is 5.91 Å². The molecule has 136 valence electrons. The zero-order valence-electron chi connectivity index (χ0n) is 13.9. The molecule has 2 fully saturated rings. The molecular weight excluding hydrogens is 388 g/mol. The van der Waals surface area contributed by atoms with Crippen molar-refractivity contribution in [2.75, 3.05) is 30.6 Å². The molecule has 0 N–H and O–H groups in total. The van der Waals surface area contributed by atoms with Crippen LogP contribution in [0, 0.1) is 0 Å². The molecule has 2 aliphatic heterocycles. The van der Waals surface area contributed by atoms with Crippen LogP contribution < -0.4 is 14.4 Å². The van der Waals surface area contributed by atoms with E-state index in [-0.39, 0.29) is 28.7 Å². The Morgan fingerprint density at radius 2 is 1.96 bits per heavy atom. The molecule has 0 saturated carbocycles. The lowest BCUT2D eigenvalue weighted by Gasteiger charge is -2.26. The van der Waals surface area contributed by atoms with Crippen molar-refractivity contribution in [3.05, 3.63) is 17.2 Å². The number of carbonyl (C=O) groups excluding carboxylic acids is 1. The Morgan fingerprint density at radius 1 is 1.28 bits per heavy atom. The maximum absolute atomic E-state index is 12.0. The Balaban J connectivity index is 2.14. The molecule has 1 aromatic rings. The van der Waals surface area contributed by atoms with E-state index in [9.17, 15) is 13.2 Å². The Bertz CT molecular complexity index is 856. The average Bonchev–Trinajstić information content (AvgIpc) is 2.97. The molecule has 2 aliphatic rings. The number of carbonyl (C=O) groups is 1. The summed E-state index contributed by atoms with van der Waals surface area (Å²) < 4.78 is 34.7. The van der Waals surface area contributed by atoms with Crippen LogP contribution in [0.3, 0.4) is 0 Å². The number of halogens is 1. The predicted octanol–water partition coefficient (Wildman–Crippen LogP) is 1.98. The van der Waals surface area contributed by atoms with Crippen LogP contribution in [0.4, 0.5) is 5.69 Å². The fourth-order valence-electron chi connectivity index (χ4n) is 3.01. The number of methoxy groups -OCH3 is 2. The molecule has 2 heterocycles. The van der Waals surface area contributed by atoms with Crippen LogP contribution in [0.2, 0.25) is 5.02 Å². The summed E-state index contributed by atoms with van der Waals surface area (Å²) in [6.45, 7) is 1.36. The quantitative estimate of drug-likeness (QED) is 0.761. The lowest BCUT2D eigenvalue weighted by molar-refractivity contribution is -0.115. The number of ether oxygens (including phenoxy) is 2. The third-order valence-electron chi connectivity index (χ3n) is 4.03. The van der Waals surface area contributed by atoms with Crippen molar-refractivity contribution in [3.8, 4) is 11.5 Å². The number of amidine groups is 1. The van der Waals surface area contributed by atoms with Crippen molar-refractivity contribution in [2.45, 2.75) is 18.2 Å². The lowest BCUT2D eigenvalue weighted by Crippen LogP contribution is -2.38. The van der Waals surface area contributed by atoms with E-state index in [0.717, 1.165) is 0 Å². The Labute approximate surface area is 155 Å². The van der Waals surface area contributed by atoms with Crippen molar-refractivity contribution in [1.29, 1.82) is 0 Å². The van der Waals surface area contributed by atoms with Gasteiger partial charge in [0.25, 0.3) is 0 Å². The van der Waals surface area contributed by atoms with Crippen LogP contribution in [-0.2, 0) is 14.6 Å². The zero-order chi connectivity index (χ0) is 18.4. The molecule has 7 nitrogen and oxygen atoms in total.